The molecule has 0 aromatic heterocycles. The minimum absolute atomic E-state index is 0.0148. The van der Waals surface area contributed by atoms with Crippen molar-refractivity contribution >= 4 is 27.9 Å². The van der Waals surface area contributed by atoms with E-state index < -0.39 is 21.6 Å². The predicted molar refractivity (Wildman–Crippen MR) is 114 cm³/mol. The SMILES string of the molecule is CC(C)N(C)S(=O)(=O)c1ccc(CNC(=O)CCN2C(=O)NC3(CCCC3)C2=O)cc1. The van der Waals surface area contributed by atoms with Crippen LogP contribution in [0.2, 0.25) is 0 Å². The molecule has 2 N–H and O–H groups in total. The largest absolute Gasteiger partial charge is 0.352 e. The number of urea groups is 1. The molecule has 1 aliphatic heterocycles. The second kappa shape index (κ2) is 8.96. The van der Waals surface area contributed by atoms with Crippen molar-refractivity contribution in [3.8, 4) is 0 Å². The smallest absolute Gasteiger partial charge is 0.325 e. The standard InChI is InChI=1S/C21H30N4O5S/c1-15(2)24(3)31(29,30)17-8-6-16(7-9-17)14-22-18(26)10-13-25-19(27)21(23-20(25)28)11-4-5-12-21/h6-9,15H,4-5,10-14H2,1-3H3,(H,22,26)(H,23,28). The summed E-state index contributed by atoms with van der Waals surface area (Å²) in [6.45, 7) is 3.86. The molecule has 170 valence electrons. The van der Waals surface area contributed by atoms with E-state index in [1.807, 2.05) is 0 Å². The van der Waals surface area contributed by atoms with Crippen LogP contribution in [0.3, 0.4) is 0 Å². The van der Waals surface area contributed by atoms with Crippen molar-refractivity contribution in [3.05, 3.63) is 29.8 Å². The lowest BCUT2D eigenvalue weighted by molar-refractivity contribution is -0.131. The van der Waals surface area contributed by atoms with Gasteiger partial charge in [-0.2, -0.15) is 4.31 Å². The fourth-order valence-electron chi connectivity index (χ4n) is 3.92. The van der Waals surface area contributed by atoms with Gasteiger partial charge in [-0.05, 0) is 44.4 Å². The summed E-state index contributed by atoms with van der Waals surface area (Å²) in [5.41, 5.74) is -0.0152. The van der Waals surface area contributed by atoms with Gasteiger partial charge in [0, 0.05) is 32.6 Å². The maximum atomic E-state index is 12.6. The first-order chi connectivity index (χ1) is 14.6. The minimum Gasteiger partial charge on any atom is -0.352 e. The zero-order chi connectivity index (χ0) is 22.8. The highest BCUT2D eigenvalue weighted by atomic mass is 32.2. The van der Waals surface area contributed by atoms with Crippen LogP contribution in [-0.2, 0) is 26.2 Å². The lowest BCUT2D eigenvalue weighted by Crippen LogP contribution is -2.44. The summed E-state index contributed by atoms with van der Waals surface area (Å²) in [5, 5.41) is 5.54. The Balaban J connectivity index is 1.50. The van der Waals surface area contributed by atoms with E-state index in [2.05, 4.69) is 10.6 Å². The maximum Gasteiger partial charge on any atom is 0.325 e. The molecule has 1 saturated heterocycles. The highest BCUT2D eigenvalue weighted by Crippen LogP contribution is 2.35. The topological polar surface area (TPSA) is 116 Å². The molecule has 31 heavy (non-hydrogen) atoms. The summed E-state index contributed by atoms with van der Waals surface area (Å²) < 4.78 is 26.3. The third-order valence-corrected chi connectivity index (χ3v) is 8.13. The van der Waals surface area contributed by atoms with E-state index in [0.717, 1.165) is 23.3 Å². The van der Waals surface area contributed by atoms with Gasteiger partial charge in [-0.3, -0.25) is 14.5 Å². The maximum absolute atomic E-state index is 12.6. The first-order valence-electron chi connectivity index (χ1n) is 10.5. The molecule has 3 rings (SSSR count). The number of carbonyl (C=O) groups is 3. The van der Waals surface area contributed by atoms with E-state index in [9.17, 15) is 22.8 Å². The average molecular weight is 451 g/mol. The molecule has 0 radical (unpaired) electrons. The Kier molecular flexibility index (Phi) is 6.70. The molecule has 0 unspecified atom stereocenters. The Morgan fingerprint density at radius 2 is 1.81 bits per heavy atom. The number of nitrogens with one attached hydrogen (secondary N) is 2. The molecule has 1 aromatic carbocycles. The van der Waals surface area contributed by atoms with Crippen molar-refractivity contribution in [2.24, 2.45) is 0 Å². The monoisotopic (exact) mass is 450 g/mol. The van der Waals surface area contributed by atoms with Gasteiger partial charge >= 0.3 is 6.03 Å². The average Bonchev–Trinajstić information content (AvgIpc) is 3.29. The van der Waals surface area contributed by atoms with Crippen LogP contribution in [0, 0.1) is 0 Å². The molecule has 2 fully saturated rings. The summed E-state index contributed by atoms with van der Waals surface area (Å²) in [7, 11) is -2.02. The quantitative estimate of drug-likeness (QED) is 0.584. The molecule has 9 nitrogen and oxygen atoms in total. The van der Waals surface area contributed by atoms with Gasteiger partial charge in [0.25, 0.3) is 5.91 Å². The number of hydrogen-bond donors (Lipinski definition) is 2. The van der Waals surface area contributed by atoms with Gasteiger partial charge in [0.2, 0.25) is 15.9 Å². The van der Waals surface area contributed by atoms with Crippen LogP contribution in [0.15, 0.2) is 29.2 Å². The summed E-state index contributed by atoms with van der Waals surface area (Å²) in [4.78, 5) is 38.3. The second-order valence-corrected chi connectivity index (χ2v) is 10.5. The number of nitrogens with zero attached hydrogens (tertiary/aromatic N) is 2. The van der Waals surface area contributed by atoms with E-state index in [4.69, 9.17) is 0 Å². The number of sulfonamides is 1. The number of benzene rings is 1. The van der Waals surface area contributed by atoms with Crippen molar-refractivity contribution in [2.75, 3.05) is 13.6 Å². The summed E-state index contributed by atoms with van der Waals surface area (Å²) in [6, 6.07) is 5.76. The third-order valence-electron chi connectivity index (χ3n) is 6.08. The molecule has 0 atom stereocenters. The van der Waals surface area contributed by atoms with Gasteiger partial charge in [-0.25, -0.2) is 13.2 Å². The van der Waals surface area contributed by atoms with Gasteiger partial charge < -0.3 is 10.6 Å². The van der Waals surface area contributed by atoms with Gasteiger partial charge in [-0.1, -0.05) is 25.0 Å². The first kappa shape index (κ1) is 23.2. The molecule has 1 aromatic rings. The molecule has 1 spiro atoms. The Morgan fingerprint density at radius 1 is 1.19 bits per heavy atom. The van der Waals surface area contributed by atoms with Crippen molar-refractivity contribution in [2.45, 2.75) is 69.0 Å². The molecule has 1 heterocycles. The lowest BCUT2D eigenvalue weighted by Gasteiger charge is -2.21. The second-order valence-electron chi connectivity index (χ2n) is 8.46. The zero-order valence-electron chi connectivity index (χ0n) is 18.2. The van der Waals surface area contributed by atoms with Gasteiger partial charge in [0.1, 0.15) is 5.54 Å². The molecule has 0 bridgehead atoms. The van der Waals surface area contributed by atoms with Crippen LogP contribution in [0.5, 0.6) is 0 Å². The fourth-order valence-corrected chi connectivity index (χ4v) is 5.29. The summed E-state index contributed by atoms with van der Waals surface area (Å²) >= 11 is 0. The number of imide groups is 1. The molecule has 10 heteroatoms. The van der Waals surface area contributed by atoms with Crippen molar-refractivity contribution in [1.82, 2.24) is 19.8 Å². The molecule has 1 saturated carbocycles. The van der Waals surface area contributed by atoms with Crippen molar-refractivity contribution in [1.29, 1.82) is 0 Å². The Hall–Kier alpha value is -2.46. The molecular formula is C21H30N4O5S. The van der Waals surface area contributed by atoms with Crippen molar-refractivity contribution < 1.29 is 22.8 Å². The van der Waals surface area contributed by atoms with Gasteiger partial charge in [0.05, 0.1) is 4.90 Å². The van der Waals surface area contributed by atoms with Crippen LogP contribution in [-0.4, -0.2) is 60.6 Å². The highest BCUT2D eigenvalue weighted by molar-refractivity contribution is 7.89. The molecule has 2 aliphatic rings. The molecular weight excluding hydrogens is 420 g/mol. The first-order valence-corrected chi connectivity index (χ1v) is 12.0. The van der Waals surface area contributed by atoms with Crippen LogP contribution in [0.25, 0.3) is 0 Å². The Bertz CT molecular complexity index is 952. The third kappa shape index (κ3) is 4.74. The van der Waals surface area contributed by atoms with E-state index in [0.29, 0.717) is 12.8 Å². The molecule has 1 aliphatic carbocycles. The van der Waals surface area contributed by atoms with Crippen molar-refractivity contribution in [3.63, 3.8) is 0 Å². The lowest BCUT2D eigenvalue weighted by atomic mass is 9.98. The van der Waals surface area contributed by atoms with Crippen LogP contribution < -0.4 is 10.6 Å². The predicted octanol–water partition coefficient (Wildman–Crippen LogP) is 1.59. The fraction of sp³-hybridized carbons (Fsp3) is 0.571. The zero-order valence-corrected chi connectivity index (χ0v) is 19.0. The summed E-state index contributed by atoms with van der Waals surface area (Å²) in [5.74, 6) is -0.518. The van der Waals surface area contributed by atoms with Crippen LogP contribution in [0.1, 0.15) is 51.5 Å². The van der Waals surface area contributed by atoms with E-state index >= 15 is 0 Å². The van der Waals surface area contributed by atoms with Crippen LogP contribution >= 0.6 is 0 Å². The number of carbonyl (C=O) groups excluding carboxylic acids is 3. The minimum atomic E-state index is -3.55. The molecule has 4 amide bonds. The van der Waals surface area contributed by atoms with Gasteiger partial charge in [-0.15, -0.1) is 0 Å². The van der Waals surface area contributed by atoms with E-state index in [1.165, 1.54) is 23.5 Å². The Labute approximate surface area is 183 Å². The number of rotatable bonds is 8. The normalized spacial score (nSPS) is 18.3. The van der Waals surface area contributed by atoms with Gasteiger partial charge in [0.15, 0.2) is 0 Å². The highest BCUT2D eigenvalue weighted by Gasteiger charge is 2.52. The number of hydrogen-bond acceptors (Lipinski definition) is 5. The summed E-state index contributed by atoms with van der Waals surface area (Å²) in [6.07, 6.45) is 3.14. The number of amides is 4. The Morgan fingerprint density at radius 3 is 2.39 bits per heavy atom. The van der Waals surface area contributed by atoms with E-state index in [-0.39, 0.29) is 42.3 Å². The van der Waals surface area contributed by atoms with E-state index in [1.54, 1.807) is 26.0 Å². The van der Waals surface area contributed by atoms with Crippen LogP contribution in [0.4, 0.5) is 4.79 Å².